The van der Waals surface area contributed by atoms with Crippen molar-refractivity contribution in [3.8, 4) is 5.75 Å². The zero-order chi connectivity index (χ0) is 8.43. The van der Waals surface area contributed by atoms with Crippen molar-refractivity contribution < 1.29 is 14.3 Å². The summed E-state index contributed by atoms with van der Waals surface area (Å²) in [4.78, 5) is 10.3. The Kier molecular flexibility index (Phi) is 1.89. The molecule has 3 heteroatoms. The number of phenolic OH excluding ortho intramolecular Hbond substituents is 1. The fourth-order valence-electron chi connectivity index (χ4n) is 0.890. The number of halogens is 1. The molecule has 0 amide bonds. The first-order valence-electron chi connectivity index (χ1n) is 3.09. The molecule has 58 valence electrons. The van der Waals surface area contributed by atoms with Crippen LogP contribution < -0.4 is 0 Å². The van der Waals surface area contributed by atoms with E-state index >= 15 is 0 Å². The molecule has 0 fully saturated rings. The highest BCUT2D eigenvalue weighted by Crippen LogP contribution is 2.19. The van der Waals surface area contributed by atoms with Crippen LogP contribution in [0.25, 0.3) is 0 Å². The lowest BCUT2D eigenvalue weighted by Crippen LogP contribution is -1.88. The molecule has 0 aliphatic carbocycles. The minimum Gasteiger partial charge on any atom is -0.507 e. The van der Waals surface area contributed by atoms with E-state index in [-0.39, 0.29) is 11.3 Å². The summed E-state index contributed by atoms with van der Waals surface area (Å²) in [7, 11) is 0. The van der Waals surface area contributed by atoms with Gasteiger partial charge in [0.15, 0.2) is 6.29 Å². The highest BCUT2D eigenvalue weighted by molar-refractivity contribution is 5.81. The summed E-state index contributed by atoms with van der Waals surface area (Å²) in [6.45, 7) is 1.56. The van der Waals surface area contributed by atoms with E-state index in [9.17, 15) is 9.18 Å². The number of carbonyl (C=O) groups excluding carboxylic acids is 1. The molecule has 1 rings (SSSR count). The third-order valence-electron chi connectivity index (χ3n) is 1.45. The van der Waals surface area contributed by atoms with Gasteiger partial charge in [-0.1, -0.05) is 0 Å². The molecule has 0 atom stereocenters. The molecular formula is C8H7FO2. The summed E-state index contributed by atoms with van der Waals surface area (Å²) >= 11 is 0. The highest BCUT2D eigenvalue weighted by atomic mass is 19.1. The molecule has 2 nitrogen and oxygen atoms in total. The lowest BCUT2D eigenvalue weighted by molar-refractivity contribution is 0.112. The summed E-state index contributed by atoms with van der Waals surface area (Å²) in [5, 5.41) is 9.00. The molecular weight excluding hydrogens is 147 g/mol. The van der Waals surface area contributed by atoms with Gasteiger partial charge in [0.25, 0.3) is 0 Å². The van der Waals surface area contributed by atoms with Crippen LogP contribution >= 0.6 is 0 Å². The number of aromatic hydroxyl groups is 1. The normalized spacial score (nSPS) is 9.64. The van der Waals surface area contributed by atoms with Crippen LogP contribution in [0.2, 0.25) is 0 Å². The number of aldehydes is 1. The van der Waals surface area contributed by atoms with E-state index in [1.165, 1.54) is 6.07 Å². The van der Waals surface area contributed by atoms with Gasteiger partial charge in [0, 0.05) is 6.07 Å². The number of phenols is 1. The van der Waals surface area contributed by atoms with Gasteiger partial charge in [0.2, 0.25) is 0 Å². The zero-order valence-corrected chi connectivity index (χ0v) is 5.97. The van der Waals surface area contributed by atoms with Crippen LogP contribution in [0.1, 0.15) is 15.9 Å². The summed E-state index contributed by atoms with van der Waals surface area (Å²) in [6.07, 6.45) is 0.504. The number of aryl methyl sites for hydroxylation is 1. The predicted octanol–water partition coefficient (Wildman–Crippen LogP) is 1.65. The minimum atomic E-state index is -0.536. The van der Waals surface area contributed by atoms with Gasteiger partial charge in [0.05, 0.1) is 5.56 Å². The minimum absolute atomic E-state index is 0.145. The average molecular weight is 154 g/mol. The third kappa shape index (κ3) is 1.37. The largest absolute Gasteiger partial charge is 0.507 e. The van der Waals surface area contributed by atoms with Crippen LogP contribution in [0.15, 0.2) is 12.1 Å². The number of hydrogen-bond acceptors (Lipinski definition) is 2. The maximum Gasteiger partial charge on any atom is 0.154 e. The summed E-state index contributed by atoms with van der Waals surface area (Å²) in [5.41, 5.74) is 0.587. The summed E-state index contributed by atoms with van der Waals surface area (Å²) in [6, 6.07) is 2.11. The van der Waals surface area contributed by atoms with Crippen molar-refractivity contribution in [2.45, 2.75) is 6.92 Å². The Morgan fingerprint density at radius 3 is 2.64 bits per heavy atom. The van der Waals surface area contributed by atoms with Crippen LogP contribution in [-0.4, -0.2) is 11.4 Å². The molecule has 1 N–H and O–H groups in total. The molecule has 0 saturated carbocycles. The van der Waals surface area contributed by atoms with Crippen molar-refractivity contribution in [2.24, 2.45) is 0 Å². The van der Waals surface area contributed by atoms with Crippen molar-refractivity contribution in [2.75, 3.05) is 0 Å². The first kappa shape index (κ1) is 7.72. The Balaban J connectivity index is 3.36. The monoisotopic (exact) mass is 154 g/mol. The fraction of sp³-hybridized carbons (Fsp3) is 0.125. The van der Waals surface area contributed by atoms with Crippen LogP contribution in [0.5, 0.6) is 5.75 Å². The second-order valence-corrected chi connectivity index (χ2v) is 2.27. The Hall–Kier alpha value is -1.38. The van der Waals surface area contributed by atoms with Crippen molar-refractivity contribution >= 4 is 6.29 Å². The van der Waals surface area contributed by atoms with E-state index in [0.29, 0.717) is 11.8 Å². The molecule has 0 aliphatic rings. The van der Waals surface area contributed by atoms with Gasteiger partial charge in [-0.3, -0.25) is 4.79 Å². The molecule has 0 aliphatic heterocycles. The van der Waals surface area contributed by atoms with E-state index in [1.54, 1.807) is 6.92 Å². The van der Waals surface area contributed by atoms with E-state index in [4.69, 9.17) is 5.11 Å². The highest BCUT2D eigenvalue weighted by Gasteiger charge is 2.05. The molecule has 1 aromatic carbocycles. The fourth-order valence-corrected chi connectivity index (χ4v) is 0.890. The average Bonchev–Trinajstić information content (AvgIpc) is 1.85. The van der Waals surface area contributed by atoms with Crippen LogP contribution in [0.4, 0.5) is 4.39 Å². The number of carbonyl (C=O) groups is 1. The summed E-state index contributed by atoms with van der Waals surface area (Å²) < 4.78 is 12.5. The molecule has 1 aromatic rings. The maximum atomic E-state index is 12.5. The number of benzene rings is 1. The molecule has 0 heterocycles. The quantitative estimate of drug-likeness (QED) is 0.624. The smallest absolute Gasteiger partial charge is 0.154 e. The van der Waals surface area contributed by atoms with E-state index in [1.807, 2.05) is 0 Å². The van der Waals surface area contributed by atoms with Gasteiger partial charge in [-0.05, 0) is 18.6 Å². The second kappa shape index (κ2) is 2.70. The van der Waals surface area contributed by atoms with Gasteiger partial charge >= 0.3 is 0 Å². The van der Waals surface area contributed by atoms with Crippen LogP contribution in [0.3, 0.4) is 0 Å². The number of rotatable bonds is 1. The van der Waals surface area contributed by atoms with Crippen molar-refractivity contribution in [1.29, 1.82) is 0 Å². The first-order chi connectivity index (χ1) is 5.15. The second-order valence-electron chi connectivity index (χ2n) is 2.27. The zero-order valence-electron chi connectivity index (χ0n) is 5.97. The summed E-state index contributed by atoms with van der Waals surface area (Å²) in [5.74, 6) is -0.844. The van der Waals surface area contributed by atoms with Crippen molar-refractivity contribution in [3.05, 3.63) is 29.1 Å². The topological polar surface area (TPSA) is 37.3 Å². The molecule has 0 spiro atoms. The standard InChI is InChI=1S/C8H7FO2/c1-5-2-6(9)3-8(11)7(5)4-10/h2-4,11H,1H3. The third-order valence-corrected chi connectivity index (χ3v) is 1.45. The predicted molar refractivity (Wildman–Crippen MR) is 38.2 cm³/mol. The first-order valence-corrected chi connectivity index (χ1v) is 3.09. The van der Waals surface area contributed by atoms with E-state index in [2.05, 4.69) is 0 Å². The van der Waals surface area contributed by atoms with Crippen molar-refractivity contribution in [3.63, 3.8) is 0 Å². The maximum absolute atomic E-state index is 12.5. The Morgan fingerprint density at radius 2 is 2.18 bits per heavy atom. The van der Waals surface area contributed by atoms with E-state index < -0.39 is 5.82 Å². The van der Waals surface area contributed by atoms with Crippen LogP contribution in [0, 0.1) is 12.7 Å². The molecule has 0 saturated heterocycles. The molecule has 11 heavy (non-hydrogen) atoms. The Morgan fingerprint density at radius 1 is 1.55 bits per heavy atom. The lowest BCUT2D eigenvalue weighted by Gasteiger charge is -2.00. The Labute approximate surface area is 63.3 Å². The van der Waals surface area contributed by atoms with Gasteiger partial charge in [-0.15, -0.1) is 0 Å². The molecule has 0 bridgehead atoms. The molecule has 0 radical (unpaired) electrons. The molecule has 0 unspecified atom stereocenters. The van der Waals surface area contributed by atoms with Crippen LogP contribution in [-0.2, 0) is 0 Å². The van der Waals surface area contributed by atoms with Gasteiger partial charge in [-0.25, -0.2) is 4.39 Å². The van der Waals surface area contributed by atoms with E-state index in [0.717, 1.165) is 6.07 Å². The Bertz CT molecular complexity index is 271. The number of hydrogen-bond donors (Lipinski definition) is 1. The van der Waals surface area contributed by atoms with Crippen molar-refractivity contribution in [1.82, 2.24) is 0 Å². The van der Waals surface area contributed by atoms with Gasteiger partial charge in [-0.2, -0.15) is 0 Å². The molecule has 0 aromatic heterocycles. The SMILES string of the molecule is Cc1cc(F)cc(O)c1C=O. The van der Waals surface area contributed by atoms with Gasteiger partial charge in [0.1, 0.15) is 11.6 Å². The lowest BCUT2D eigenvalue weighted by atomic mass is 10.1. The van der Waals surface area contributed by atoms with Gasteiger partial charge < -0.3 is 5.11 Å².